The summed E-state index contributed by atoms with van der Waals surface area (Å²) in [7, 11) is 0. The second kappa shape index (κ2) is 10.0. The second-order valence-electron chi connectivity index (χ2n) is 7.95. The number of nitrogens with zero attached hydrogens (tertiary/aromatic N) is 2. The molecular weight excluding hydrogens is 415 g/mol. The molecule has 1 aliphatic rings. The van der Waals surface area contributed by atoms with E-state index in [-0.39, 0.29) is 35.2 Å². The van der Waals surface area contributed by atoms with Crippen LogP contribution in [-0.4, -0.2) is 22.1 Å². The van der Waals surface area contributed by atoms with Crippen LogP contribution in [0.3, 0.4) is 0 Å². The quantitative estimate of drug-likeness (QED) is 0.328. The smallest absolute Gasteiger partial charge is 0.274 e. The number of rotatable bonds is 8. The molecule has 1 heterocycles. The zero-order valence-corrected chi connectivity index (χ0v) is 17.8. The fourth-order valence-electron chi connectivity index (χ4n) is 3.90. The molecule has 2 atom stereocenters. The summed E-state index contributed by atoms with van der Waals surface area (Å²) in [6.07, 6.45) is 3.52. The van der Waals surface area contributed by atoms with Gasteiger partial charge in [0.25, 0.3) is 5.69 Å². The molecule has 1 aromatic heterocycles. The standard InChI is InChI=1S/C24H25FN2O5/c1-16-22(26-24(32-16)17-9-11-19(25)12-10-17)15-31-21-7-4-6-20(13-21)30-14-18-5-2-3-8-23(18)27(28)29/h2-3,5,8-12,20-21H,4,6-7,13-15H2,1H3/t20-,21+/m0/s1. The minimum absolute atomic E-state index is 0.0123. The molecule has 1 aliphatic carbocycles. The normalized spacial score (nSPS) is 18.6. The van der Waals surface area contributed by atoms with E-state index in [0.717, 1.165) is 25.7 Å². The Balaban J connectivity index is 1.31. The van der Waals surface area contributed by atoms with Crippen molar-refractivity contribution in [3.8, 4) is 11.5 Å². The molecule has 7 nitrogen and oxygen atoms in total. The molecule has 168 valence electrons. The molecule has 0 N–H and O–H groups in total. The Hall–Kier alpha value is -3.10. The first-order valence-corrected chi connectivity index (χ1v) is 10.7. The number of para-hydroxylation sites is 1. The highest BCUT2D eigenvalue weighted by Crippen LogP contribution is 2.28. The van der Waals surface area contributed by atoms with Crippen molar-refractivity contribution >= 4 is 5.69 Å². The van der Waals surface area contributed by atoms with Crippen LogP contribution in [0.25, 0.3) is 11.5 Å². The van der Waals surface area contributed by atoms with Crippen LogP contribution >= 0.6 is 0 Å². The first-order valence-electron chi connectivity index (χ1n) is 10.7. The molecule has 0 aliphatic heterocycles. The maximum Gasteiger partial charge on any atom is 0.274 e. The minimum atomic E-state index is -0.383. The van der Waals surface area contributed by atoms with E-state index in [0.29, 0.717) is 35.1 Å². The van der Waals surface area contributed by atoms with E-state index in [1.165, 1.54) is 18.2 Å². The van der Waals surface area contributed by atoms with Gasteiger partial charge < -0.3 is 13.9 Å². The van der Waals surface area contributed by atoms with Gasteiger partial charge in [-0.05, 0) is 62.9 Å². The number of hydrogen-bond donors (Lipinski definition) is 0. The molecule has 4 rings (SSSR count). The molecule has 0 radical (unpaired) electrons. The fraction of sp³-hybridized carbons (Fsp3) is 0.375. The van der Waals surface area contributed by atoms with Crippen molar-refractivity contribution in [1.29, 1.82) is 0 Å². The topological polar surface area (TPSA) is 87.6 Å². The zero-order chi connectivity index (χ0) is 22.5. The highest BCUT2D eigenvalue weighted by molar-refractivity contribution is 5.53. The third-order valence-electron chi connectivity index (χ3n) is 5.68. The lowest BCUT2D eigenvalue weighted by Crippen LogP contribution is -2.28. The number of oxazole rings is 1. The van der Waals surface area contributed by atoms with E-state index in [1.54, 1.807) is 30.3 Å². The van der Waals surface area contributed by atoms with Gasteiger partial charge in [-0.25, -0.2) is 9.37 Å². The summed E-state index contributed by atoms with van der Waals surface area (Å²) >= 11 is 0. The Kier molecular flexibility index (Phi) is 6.92. The Morgan fingerprint density at radius 3 is 2.50 bits per heavy atom. The van der Waals surface area contributed by atoms with Crippen molar-refractivity contribution in [2.45, 2.75) is 58.0 Å². The molecular formula is C24H25FN2O5. The van der Waals surface area contributed by atoms with E-state index in [9.17, 15) is 14.5 Å². The summed E-state index contributed by atoms with van der Waals surface area (Å²) in [6, 6.07) is 12.6. The van der Waals surface area contributed by atoms with Crippen molar-refractivity contribution in [3.05, 3.63) is 81.5 Å². The molecule has 0 amide bonds. The molecule has 0 unspecified atom stereocenters. The molecule has 0 spiro atoms. The van der Waals surface area contributed by atoms with Gasteiger partial charge in [0.15, 0.2) is 0 Å². The third kappa shape index (κ3) is 5.38. The summed E-state index contributed by atoms with van der Waals surface area (Å²) in [4.78, 5) is 15.3. The first-order chi connectivity index (χ1) is 15.5. The Morgan fingerprint density at radius 2 is 1.78 bits per heavy atom. The lowest BCUT2D eigenvalue weighted by atomic mass is 9.95. The molecule has 0 saturated heterocycles. The van der Waals surface area contributed by atoms with Crippen LogP contribution in [0, 0.1) is 22.9 Å². The predicted molar refractivity (Wildman–Crippen MR) is 115 cm³/mol. The lowest BCUT2D eigenvalue weighted by Gasteiger charge is -2.29. The van der Waals surface area contributed by atoms with E-state index < -0.39 is 0 Å². The minimum Gasteiger partial charge on any atom is -0.441 e. The van der Waals surface area contributed by atoms with Crippen molar-refractivity contribution in [1.82, 2.24) is 4.98 Å². The average Bonchev–Trinajstić information content (AvgIpc) is 3.17. The maximum absolute atomic E-state index is 13.1. The zero-order valence-electron chi connectivity index (χ0n) is 17.8. The highest BCUT2D eigenvalue weighted by atomic mass is 19.1. The molecule has 1 fully saturated rings. The van der Waals surface area contributed by atoms with Crippen molar-refractivity contribution in [2.75, 3.05) is 0 Å². The molecule has 8 heteroatoms. The van der Waals surface area contributed by atoms with Gasteiger partial charge in [0.05, 0.1) is 35.9 Å². The van der Waals surface area contributed by atoms with Crippen LogP contribution in [0.5, 0.6) is 0 Å². The summed E-state index contributed by atoms with van der Waals surface area (Å²) in [5, 5.41) is 11.2. The van der Waals surface area contributed by atoms with Gasteiger partial charge in [0, 0.05) is 11.6 Å². The monoisotopic (exact) mass is 440 g/mol. The number of halogens is 1. The number of aryl methyl sites for hydroxylation is 1. The number of hydrogen-bond acceptors (Lipinski definition) is 6. The summed E-state index contributed by atoms with van der Waals surface area (Å²) in [5.74, 6) is 0.802. The maximum atomic E-state index is 13.1. The van der Waals surface area contributed by atoms with Crippen molar-refractivity contribution in [2.24, 2.45) is 0 Å². The van der Waals surface area contributed by atoms with Gasteiger partial charge in [-0.3, -0.25) is 10.1 Å². The number of aromatic nitrogens is 1. The van der Waals surface area contributed by atoms with Crippen LogP contribution in [0.2, 0.25) is 0 Å². The molecule has 2 aromatic carbocycles. The van der Waals surface area contributed by atoms with Crippen LogP contribution in [0.15, 0.2) is 52.9 Å². The van der Waals surface area contributed by atoms with E-state index in [1.807, 2.05) is 6.92 Å². The molecule has 0 bridgehead atoms. The Bertz CT molecular complexity index is 1070. The first kappa shape index (κ1) is 22.1. The average molecular weight is 440 g/mol. The van der Waals surface area contributed by atoms with Crippen LogP contribution in [-0.2, 0) is 22.7 Å². The van der Waals surface area contributed by atoms with E-state index >= 15 is 0 Å². The van der Waals surface area contributed by atoms with Gasteiger partial charge in [-0.2, -0.15) is 0 Å². The van der Waals surface area contributed by atoms with Crippen LogP contribution in [0.1, 0.15) is 42.7 Å². The SMILES string of the molecule is Cc1oc(-c2ccc(F)cc2)nc1CO[C@@H]1CCC[C@H](OCc2ccccc2[N+](=O)[O-])C1. The van der Waals surface area contributed by atoms with Crippen LogP contribution in [0.4, 0.5) is 10.1 Å². The lowest BCUT2D eigenvalue weighted by molar-refractivity contribution is -0.386. The van der Waals surface area contributed by atoms with Gasteiger partial charge in [-0.15, -0.1) is 0 Å². The van der Waals surface area contributed by atoms with Gasteiger partial charge in [-0.1, -0.05) is 12.1 Å². The molecule has 3 aromatic rings. The van der Waals surface area contributed by atoms with Crippen LogP contribution < -0.4 is 0 Å². The number of benzene rings is 2. The summed E-state index contributed by atoms with van der Waals surface area (Å²) < 4.78 is 30.9. The Morgan fingerprint density at radius 1 is 1.09 bits per heavy atom. The highest BCUT2D eigenvalue weighted by Gasteiger charge is 2.25. The Labute approximate surface area is 185 Å². The second-order valence-corrected chi connectivity index (χ2v) is 7.95. The number of nitro groups is 1. The molecule has 1 saturated carbocycles. The summed E-state index contributed by atoms with van der Waals surface area (Å²) in [5.41, 5.74) is 2.08. The van der Waals surface area contributed by atoms with E-state index in [4.69, 9.17) is 13.9 Å². The van der Waals surface area contributed by atoms with Gasteiger partial charge in [0.1, 0.15) is 17.3 Å². The van der Waals surface area contributed by atoms with Crippen molar-refractivity contribution < 1.29 is 23.2 Å². The summed E-state index contributed by atoms with van der Waals surface area (Å²) in [6.45, 7) is 2.36. The van der Waals surface area contributed by atoms with Gasteiger partial charge >= 0.3 is 0 Å². The number of nitro benzene ring substituents is 1. The molecule has 32 heavy (non-hydrogen) atoms. The third-order valence-corrected chi connectivity index (χ3v) is 5.68. The fourth-order valence-corrected chi connectivity index (χ4v) is 3.90. The van der Waals surface area contributed by atoms with Gasteiger partial charge in [0.2, 0.25) is 5.89 Å². The predicted octanol–water partition coefficient (Wildman–Crippen LogP) is 5.74. The largest absolute Gasteiger partial charge is 0.441 e. The van der Waals surface area contributed by atoms with Crippen molar-refractivity contribution in [3.63, 3.8) is 0 Å². The number of ether oxygens (including phenoxy) is 2. The van der Waals surface area contributed by atoms with E-state index in [2.05, 4.69) is 4.98 Å².